The molecule has 1 aliphatic rings. The first kappa shape index (κ1) is 15.3. The molecule has 1 aromatic rings. The Kier molecular flexibility index (Phi) is 4.44. The predicted molar refractivity (Wildman–Crippen MR) is 72.7 cm³/mol. The minimum Gasteiger partial charge on any atom is -0.479 e. The van der Waals surface area contributed by atoms with Crippen LogP contribution in [0.4, 0.5) is 4.79 Å². The van der Waals surface area contributed by atoms with Crippen molar-refractivity contribution in [1.29, 1.82) is 0 Å². The van der Waals surface area contributed by atoms with Crippen LogP contribution in [0.25, 0.3) is 0 Å². The van der Waals surface area contributed by atoms with Crippen LogP contribution in [0, 0.1) is 6.92 Å². The fourth-order valence-corrected chi connectivity index (χ4v) is 2.74. The highest BCUT2D eigenvalue weighted by Gasteiger charge is 2.48. The molecule has 1 saturated heterocycles. The lowest BCUT2D eigenvalue weighted by atomic mass is 9.93. The smallest absolute Gasteiger partial charge is 0.329 e. The number of amides is 2. The molecule has 1 unspecified atom stereocenters. The third-order valence-corrected chi connectivity index (χ3v) is 3.91. The number of nitrogens with zero attached hydrogens (tertiary/aromatic N) is 3. The summed E-state index contributed by atoms with van der Waals surface area (Å²) in [4.78, 5) is 29.2. The van der Waals surface area contributed by atoms with Gasteiger partial charge in [0.2, 0.25) is 5.89 Å². The number of carbonyl (C=O) groups excluding carboxylic acids is 1. The maximum Gasteiger partial charge on any atom is 0.329 e. The lowest BCUT2D eigenvalue weighted by Crippen LogP contribution is -2.55. The molecule has 0 radical (unpaired) electrons. The number of rotatable bonds is 5. The van der Waals surface area contributed by atoms with Gasteiger partial charge in [-0.2, -0.15) is 4.98 Å². The van der Waals surface area contributed by atoms with Crippen LogP contribution in [-0.2, 0) is 11.2 Å². The van der Waals surface area contributed by atoms with E-state index in [-0.39, 0.29) is 6.03 Å². The summed E-state index contributed by atoms with van der Waals surface area (Å²) in [7, 11) is 0. The second-order valence-electron chi connectivity index (χ2n) is 5.16. The van der Waals surface area contributed by atoms with Gasteiger partial charge >= 0.3 is 12.0 Å². The van der Waals surface area contributed by atoms with Crippen molar-refractivity contribution in [3.63, 3.8) is 0 Å². The van der Waals surface area contributed by atoms with Crippen molar-refractivity contribution in [2.24, 2.45) is 0 Å². The van der Waals surface area contributed by atoms with Gasteiger partial charge in [-0.25, -0.2) is 9.59 Å². The van der Waals surface area contributed by atoms with Gasteiger partial charge in [0.25, 0.3) is 0 Å². The van der Waals surface area contributed by atoms with Crippen molar-refractivity contribution in [2.75, 3.05) is 13.1 Å². The molecule has 21 heavy (non-hydrogen) atoms. The number of carboxylic acids is 1. The number of nitrogens with one attached hydrogen (secondary N) is 1. The van der Waals surface area contributed by atoms with Crippen molar-refractivity contribution in [1.82, 2.24) is 20.4 Å². The van der Waals surface area contributed by atoms with Crippen LogP contribution in [-0.4, -0.2) is 50.8 Å². The van der Waals surface area contributed by atoms with Gasteiger partial charge in [-0.3, -0.25) is 0 Å². The zero-order valence-electron chi connectivity index (χ0n) is 12.3. The number of likely N-dealkylation sites (tertiary alicyclic amines) is 1. The number of carbonyl (C=O) groups is 2. The van der Waals surface area contributed by atoms with Crippen LogP contribution in [0.1, 0.15) is 37.9 Å². The summed E-state index contributed by atoms with van der Waals surface area (Å²) in [6, 6.07) is -0.350. The third-order valence-electron chi connectivity index (χ3n) is 3.91. The van der Waals surface area contributed by atoms with E-state index in [9.17, 15) is 14.7 Å². The fourth-order valence-electron chi connectivity index (χ4n) is 2.74. The number of urea groups is 1. The van der Waals surface area contributed by atoms with E-state index in [2.05, 4.69) is 15.5 Å². The second kappa shape index (κ2) is 6.11. The summed E-state index contributed by atoms with van der Waals surface area (Å²) in [5.74, 6) is 0.0624. The van der Waals surface area contributed by atoms with Crippen molar-refractivity contribution < 1.29 is 19.2 Å². The van der Waals surface area contributed by atoms with E-state index >= 15 is 0 Å². The average molecular weight is 296 g/mol. The molecule has 116 valence electrons. The predicted octanol–water partition coefficient (Wildman–Crippen LogP) is 0.959. The van der Waals surface area contributed by atoms with Crippen molar-refractivity contribution in [3.05, 3.63) is 11.7 Å². The Morgan fingerprint density at radius 2 is 2.29 bits per heavy atom. The van der Waals surface area contributed by atoms with E-state index < -0.39 is 11.5 Å². The maximum absolute atomic E-state index is 12.2. The standard InChI is InChI=1S/C13H20N4O4/c1-3-13(11(18)19)6-4-8-17(13)12(20)14-7-5-10-15-9(2)21-16-10/h3-8H2,1-2H3,(H,14,20)(H,18,19). The lowest BCUT2D eigenvalue weighted by Gasteiger charge is -2.33. The van der Waals surface area contributed by atoms with Gasteiger partial charge in [-0.15, -0.1) is 0 Å². The van der Waals surface area contributed by atoms with Gasteiger partial charge in [0, 0.05) is 26.4 Å². The van der Waals surface area contributed by atoms with Gasteiger partial charge in [-0.05, 0) is 19.3 Å². The molecular weight excluding hydrogens is 276 g/mol. The summed E-state index contributed by atoms with van der Waals surface area (Å²) in [6.45, 7) is 4.30. The highest BCUT2D eigenvalue weighted by molar-refractivity contribution is 5.87. The van der Waals surface area contributed by atoms with Crippen LogP contribution < -0.4 is 5.32 Å². The highest BCUT2D eigenvalue weighted by atomic mass is 16.5. The average Bonchev–Trinajstić information content (AvgIpc) is 3.05. The van der Waals surface area contributed by atoms with Gasteiger partial charge in [0.15, 0.2) is 5.82 Å². The molecule has 2 N–H and O–H groups in total. The molecule has 1 atom stereocenters. The Bertz CT molecular complexity index is 530. The monoisotopic (exact) mass is 296 g/mol. The summed E-state index contributed by atoms with van der Waals surface area (Å²) in [5, 5.41) is 15.9. The van der Waals surface area contributed by atoms with E-state index in [1.165, 1.54) is 4.90 Å². The number of aliphatic carboxylic acids is 1. The Morgan fingerprint density at radius 3 is 2.86 bits per heavy atom. The van der Waals surface area contributed by atoms with E-state index in [0.717, 1.165) is 0 Å². The summed E-state index contributed by atoms with van der Waals surface area (Å²) in [5.41, 5.74) is -1.08. The maximum atomic E-state index is 12.2. The molecule has 1 aromatic heterocycles. The van der Waals surface area contributed by atoms with E-state index in [4.69, 9.17) is 4.52 Å². The molecule has 0 saturated carbocycles. The highest BCUT2D eigenvalue weighted by Crippen LogP contribution is 2.32. The minimum atomic E-state index is -1.08. The van der Waals surface area contributed by atoms with Gasteiger partial charge in [0.1, 0.15) is 5.54 Å². The quantitative estimate of drug-likeness (QED) is 0.837. The van der Waals surface area contributed by atoms with Crippen molar-refractivity contribution in [3.8, 4) is 0 Å². The normalized spacial score (nSPS) is 21.5. The van der Waals surface area contributed by atoms with Crippen molar-refractivity contribution >= 4 is 12.0 Å². The number of carboxylic acid groups (broad SMARTS) is 1. The molecule has 0 bridgehead atoms. The fraction of sp³-hybridized carbons (Fsp3) is 0.692. The largest absolute Gasteiger partial charge is 0.479 e. The number of hydrogen-bond donors (Lipinski definition) is 2. The van der Waals surface area contributed by atoms with Crippen LogP contribution in [0.5, 0.6) is 0 Å². The van der Waals surface area contributed by atoms with Gasteiger partial charge in [0.05, 0.1) is 0 Å². The Labute approximate surface area is 122 Å². The van der Waals surface area contributed by atoms with E-state index in [1.807, 2.05) is 0 Å². The zero-order chi connectivity index (χ0) is 15.5. The first-order chi connectivity index (χ1) is 9.99. The van der Waals surface area contributed by atoms with Crippen LogP contribution >= 0.6 is 0 Å². The van der Waals surface area contributed by atoms with Crippen molar-refractivity contribution in [2.45, 2.75) is 45.1 Å². The minimum absolute atomic E-state index is 0.341. The third kappa shape index (κ3) is 2.98. The first-order valence-corrected chi connectivity index (χ1v) is 7.07. The van der Waals surface area contributed by atoms with Gasteiger partial charge in [-0.1, -0.05) is 12.1 Å². The van der Waals surface area contributed by atoms with Crippen LogP contribution in [0.3, 0.4) is 0 Å². The summed E-state index contributed by atoms with van der Waals surface area (Å²) >= 11 is 0. The lowest BCUT2D eigenvalue weighted by molar-refractivity contribution is -0.148. The Morgan fingerprint density at radius 1 is 1.52 bits per heavy atom. The molecule has 1 aliphatic heterocycles. The number of aromatic nitrogens is 2. The van der Waals surface area contributed by atoms with Crippen LogP contribution in [0.2, 0.25) is 0 Å². The second-order valence-corrected chi connectivity index (χ2v) is 5.16. The molecule has 8 nitrogen and oxygen atoms in total. The SMILES string of the molecule is CCC1(C(=O)O)CCCN1C(=O)NCCc1noc(C)n1. The topological polar surface area (TPSA) is 109 Å². The molecule has 0 aliphatic carbocycles. The molecule has 0 spiro atoms. The summed E-state index contributed by atoms with van der Waals surface area (Å²) in [6.07, 6.45) is 2.05. The molecule has 0 aromatic carbocycles. The molecule has 1 fully saturated rings. The molecule has 2 amide bonds. The van der Waals surface area contributed by atoms with Crippen LogP contribution in [0.15, 0.2) is 4.52 Å². The molecular formula is C13H20N4O4. The Hall–Kier alpha value is -2.12. The molecule has 2 heterocycles. The number of hydrogen-bond acceptors (Lipinski definition) is 5. The van der Waals surface area contributed by atoms with Gasteiger partial charge < -0.3 is 19.8 Å². The zero-order valence-corrected chi connectivity index (χ0v) is 12.3. The number of aryl methyl sites for hydroxylation is 1. The molecule has 8 heteroatoms. The molecule has 2 rings (SSSR count). The van der Waals surface area contributed by atoms with E-state index in [1.54, 1.807) is 13.8 Å². The first-order valence-electron chi connectivity index (χ1n) is 7.07. The van der Waals surface area contributed by atoms with E-state index in [0.29, 0.717) is 50.5 Å². The Balaban J connectivity index is 1.91. The summed E-state index contributed by atoms with van der Waals surface area (Å²) < 4.78 is 4.84.